The van der Waals surface area contributed by atoms with Crippen molar-refractivity contribution in [2.75, 3.05) is 18.0 Å². The highest BCUT2D eigenvalue weighted by molar-refractivity contribution is 5.47. The molecule has 1 aliphatic heterocycles. The fraction of sp³-hybridized carbons (Fsp3) is 0.316. The Morgan fingerprint density at radius 2 is 1.86 bits per heavy atom. The van der Waals surface area contributed by atoms with E-state index in [0.29, 0.717) is 18.3 Å². The molecule has 142 valence electrons. The summed E-state index contributed by atoms with van der Waals surface area (Å²) in [6.07, 6.45) is 3.57. The van der Waals surface area contributed by atoms with E-state index < -0.39 is 0 Å². The molecule has 28 heavy (non-hydrogen) atoms. The standard InChI is InChI=1S/C19H20N8O/c1-13-9-14(2)27(21-13)18-5-6-19(28)26(23-18)12-15-10-24(11-15)17-4-3-16-20-7-8-25(16)22-17/h3-9,15H,10-12H2,1-2H3. The molecule has 1 saturated heterocycles. The van der Waals surface area contributed by atoms with Gasteiger partial charge in [0, 0.05) is 43.2 Å². The van der Waals surface area contributed by atoms with Crippen LogP contribution in [0.4, 0.5) is 5.82 Å². The number of hydrogen-bond donors (Lipinski definition) is 0. The second-order valence-electron chi connectivity index (χ2n) is 7.24. The molecule has 0 saturated carbocycles. The van der Waals surface area contributed by atoms with Gasteiger partial charge in [-0.1, -0.05) is 0 Å². The third-order valence-electron chi connectivity index (χ3n) is 5.03. The van der Waals surface area contributed by atoms with E-state index in [2.05, 4.69) is 25.2 Å². The largest absolute Gasteiger partial charge is 0.354 e. The summed E-state index contributed by atoms with van der Waals surface area (Å²) < 4.78 is 5.08. The molecule has 4 aromatic heterocycles. The van der Waals surface area contributed by atoms with Crippen LogP contribution in [0.3, 0.4) is 0 Å². The average Bonchev–Trinajstić information content (AvgIpc) is 3.24. The van der Waals surface area contributed by atoms with Crippen molar-refractivity contribution in [1.29, 1.82) is 0 Å². The van der Waals surface area contributed by atoms with Crippen LogP contribution in [0.1, 0.15) is 11.4 Å². The van der Waals surface area contributed by atoms with Crippen molar-refractivity contribution in [2.45, 2.75) is 20.4 Å². The summed E-state index contributed by atoms with van der Waals surface area (Å²) in [5.74, 6) is 1.92. The molecule has 0 radical (unpaired) electrons. The van der Waals surface area contributed by atoms with E-state index >= 15 is 0 Å². The molecule has 0 N–H and O–H groups in total. The van der Waals surface area contributed by atoms with E-state index in [0.717, 1.165) is 35.9 Å². The maximum absolute atomic E-state index is 12.3. The molecule has 0 unspecified atom stereocenters. The Balaban J connectivity index is 1.31. The zero-order valence-electron chi connectivity index (χ0n) is 15.7. The van der Waals surface area contributed by atoms with Gasteiger partial charge in [-0.15, -0.1) is 10.2 Å². The molecule has 0 aromatic carbocycles. The number of nitrogens with zero attached hydrogens (tertiary/aromatic N) is 8. The van der Waals surface area contributed by atoms with Gasteiger partial charge in [-0.3, -0.25) is 4.79 Å². The Kier molecular flexibility index (Phi) is 3.75. The second kappa shape index (κ2) is 6.29. The van der Waals surface area contributed by atoms with E-state index in [9.17, 15) is 4.79 Å². The maximum atomic E-state index is 12.3. The number of aryl methyl sites for hydroxylation is 2. The first-order valence-electron chi connectivity index (χ1n) is 9.24. The predicted molar refractivity (Wildman–Crippen MR) is 104 cm³/mol. The van der Waals surface area contributed by atoms with Crippen LogP contribution in [0, 0.1) is 19.8 Å². The molecule has 9 heteroatoms. The van der Waals surface area contributed by atoms with Crippen LogP contribution in [-0.4, -0.2) is 47.2 Å². The Hall–Kier alpha value is -3.49. The molecular weight excluding hydrogens is 356 g/mol. The van der Waals surface area contributed by atoms with Crippen molar-refractivity contribution in [2.24, 2.45) is 5.92 Å². The van der Waals surface area contributed by atoms with Gasteiger partial charge in [0.2, 0.25) is 0 Å². The number of aromatic nitrogens is 7. The molecular formula is C19H20N8O. The monoisotopic (exact) mass is 376 g/mol. The van der Waals surface area contributed by atoms with Gasteiger partial charge in [-0.2, -0.15) is 5.10 Å². The highest BCUT2D eigenvalue weighted by Crippen LogP contribution is 2.23. The molecule has 5 rings (SSSR count). The Morgan fingerprint density at radius 3 is 2.64 bits per heavy atom. The Labute approximate surface area is 160 Å². The van der Waals surface area contributed by atoms with Gasteiger partial charge in [0.1, 0.15) is 5.82 Å². The molecule has 0 spiro atoms. The first-order chi connectivity index (χ1) is 13.6. The minimum Gasteiger partial charge on any atom is -0.354 e. The SMILES string of the molecule is Cc1cc(C)n(-c2ccc(=O)n(CC3CN(c4ccc5nccn5n4)C3)n2)n1. The first-order valence-corrected chi connectivity index (χ1v) is 9.24. The Morgan fingerprint density at radius 1 is 1.04 bits per heavy atom. The van der Waals surface area contributed by atoms with E-state index in [1.54, 1.807) is 32.2 Å². The van der Waals surface area contributed by atoms with Gasteiger partial charge in [-0.05, 0) is 38.1 Å². The molecule has 0 aliphatic carbocycles. The molecule has 0 amide bonds. The first kappa shape index (κ1) is 16.7. The smallest absolute Gasteiger partial charge is 0.266 e. The summed E-state index contributed by atoms with van der Waals surface area (Å²) >= 11 is 0. The molecule has 5 heterocycles. The minimum absolute atomic E-state index is 0.0957. The lowest BCUT2D eigenvalue weighted by molar-refractivity contribution is 0.331. The normalized spacial score (nSPS) is 14.6. The third kappa shape index (κ3) is 2.84. The number of imidazole rings is 1. The van der Waals surface area contributed by atoms with Gasteiger partial charge >= 0.3 is 0 Å². The number of rotatable bonds is 4. The van der Waals surface area contributed by atoms with Crippen molar-refractivity contribution in [3.8, 4) is 5.82 Å². The lowest BCUT2D eigenvalue weighted by Crippen LogP contribution is -2.50. The van der Waals surface area contributed by atoms with Crippen molar-refractivity contribution < 1.29 is 0 Å². The third-order valence-corrected chi connectivity index (χ3v) is 5.03. The van der Waals surface area contributed by atoms with Crippen molar-refractivity contribution in [3.05, 3.63) is 64.5 Å². The number of hydrogen-bond acceptors (Lipinski definition) is 6. The fourth-order valence-corrected chi connectivity index (χ4v) is 3.63. The highest BCUT2D eigenvalue weighted by atomic mass is 16.1. The number of fused-ring (bicyclic) bond motifs is 1. The molecule has 0 bridgehead atoms. The second-order valence-corrected chi connectivity index (χ2v) is 7.24. The zero-order chi connectivity index (χ0) is 19.3. The summed E-state index contributed by atoms with van der Waals surface area (Å²) in [5.41, 5.74) is 2.65. The van der Waals surface area contributed by atoms with Crippen LogP contribution in [0.15, 0.2) is 47.5 Å². The van der Waals surface area contributed by atoms with E-state index in [1.807, 2.05) is 38.2 Å². The van der Waals surface area contributed by atoms with E-state index in [4.69, 9.17) is 0 Å². The number of anilines is 1. The van der Waals surface area contributed by atoms with Crippen LogP contribution in [0.5, 0.6) is 0 Å². The summed E-state index contributed by atoms with van der Waals surface area (Å²) in [7, 11) is 0. The van der Waals surface area contributed by atoms with Crippen molar-refractivity contribution in [3.63, 3.8) is 0 Å². The fourth-order valence-electron chi connectivity index (χ4n) is 3.63. The molecule has 1 fully saturated rings. The minimum atomic E-state index is -0.0957. The van der Waals surface area contributed by atoms with Crippen LogP contribution in [0.25, 0.3) is 11.5 Å². The summed E-state index contributed by atoms with van der Waals surface area (Å²) in [6, 6.07) is 9.20. The van der Waals surface area contributed by atoms with Crippen LogP contribution < -0.4 is 10.5 Å². The zero-order valence-corrected chi connectivity index (χ0v) is 15.7. The van der Waals surface area contributed by atoms with Gasteiger partial charge in [0.25, 0.3) is 5.56 Å². The Bertz CT molecular complexity index is 1210. The molecule has 0 atom stereocenters. The quantitative estimate of drug-likeness (QED) is 0.532. The van der Waals surface area contributed by atoms with Gasteiger partial charge < -0.3 is 4.90 Å². The topological polar surface area (TPSA) is 86.1 Å². The van der Waals surface area contributed by atoms with Crippen molar-refractivity contribution >= 4 is 11.5 Å². The van der Waals surface area contributed by atoms with E-state index in [1.165, 1.54) is 0 Å². The highest BCUT2D eigenvalue weighted by Gasteiger charge is 2.29. The lowest BCUT2D eigenvalue weighted by Gasteiger charge is -2.39. The molecule has 9 nitrogen and oxygen atoms in total. The average molecular weight is 376 g/mol. The summed E-state index contributed by atoms with van der Waals surface area (Å²) in [6.45, 7) is 6.18. The summed E-state index contributed by atoms with van der Waals surface area (Å²) in [5, 5.41) is 13.5. The van der Waals surface area contributed by atoms with Crippen LogP contribution >= 0.6 is 0 Å². The van der Waals surface area contributed by atoms with Crippen molar-refractivity contribution in [1.82, 2.24) is 34.2 Å². The maximum Gasteiger partial charge on any atom is 0.266 e. The van der Waals surface area contributed by atoms with Gasteiger partial charge in [-0.25, -0.2) is 18.9 Å². The lowest BCUT2D eigenvalue weighted by atomic mass is 10.0. The van der Waals surface area contributed by atoms with Crippen LogP contribution in [0.2, 0.25) is 0 Å². The van der Waals surface area contributed by atoms with Gasteiger partial charge in [0.05, 0.1) is 12.2 Å². The molecule has 1 aliphatic rings. The molecule has 4 aromatic rings. The van der Waals surface area contributed by atoms with Crippen LogP contribution in [-0.2, 0) is 6.54 Å². The van der Waals surface area contributed by atoms with Gasteiger partial charge in [0.15, 0.2) is 11.5 Å². The predicted octanol–water partition coefficient (Wildman–Crippen LogP) is 1.22. The summed E-state index contributed by atoms with van der Waals surface area (Å²) in [4.78, 5) is 18.7. The van der Waals surface area contributed by atoms with E-state index in [-0.39, 0.29) is 5.56 Å².